The van der Waals surface area contributed by atoms with E-state index in [4.69, 9.17) is 0 Å². The largest absolute Gasteiger partial charge is 0.341 e. The molecule has 2 aromatic rings. The molecule has 4 rings (SSSR count). The zero-order valence-electron chi connectivity index (χ0n) is 13.3. The molecule has 0 radical (unpaired) electrons. The first-order chi connectivity index (χ1) is 11.3. The van der Waals surface area contributed by atoms with Crippen LogP contribution in [0.3, 0.4) is 0 Å². The maximum absolute atomic E-state index is 4.50. The van der Waals surface area contributed by atoms with E-state index in [0.717, 1.165) is 46.6 Å². The van der Waals surface area contributed by atoms with Gasteiger partial charge in [-0.3, -0.25) is 0 Å². The number of aromatic nitrogens is 2. The van der Waals surface area contributed by atoms with Crippen LogP contribution in [0.4, 0.5) is 0 Å². The highest BCUT2D eigenvalue weighted by Gasteiger charge is 2.33. The third-order valence-electron chi connectivity index (χ3n) is 4.87. The molecule has 1 saturated heterocycles. The monoisotopic (exact) mass is 374 g/mol. The lowest BCUT2D eigenvalue weighted by atomic mass is 10.1. The Morgan fingerprint density at radius 2 is 2.22 bits per heavy atom. The second kappa shape index (κ2) is 6.75. The molecule has 2 aliphatic rings. The SMILES string of the molecule is Brc1cccc(-c2cnc(CNCC3CCN(C4CC4)C3)[nH]2)c1. The number of nitrogens with zero attached hydrogens (tertiary/aromatic N) is 2. The predicted octanol–water partition coefficient (Wildman–Crippen LogP) is 3.41. The van der Waals surface area contributed by atoms with Crippen molar-refractivity contribution in [2.45, 2.75) is 31.8 Å². The Morgan fingerprint density at radius 1 is 1.30 bits per heavy atom. The number of imidazole rings is 1. The van der Waals surface area contributed by atoms with Crippen LogP contribution in [0.2, 0.25) is 0 Å². The van der Waals surface area contributed by atoms with Crippen LogP contribution in [0.15, 0.2) is 34.9 Å². The average Bonchev–Trinajstić information content (AvgIpc) is 3.11. The van der Waals surface area contributed by atoms with Crippen molar-refractivity contribution in [1.29, 1.82) is 0 Å². The minimum atomic E-state index is 0.801. The summed E-state index contributed by atoms with van der Waals surface area (Å²) in [5.74, 6) is 1.81. The van der Waals surface area contributed by atoms with Gasteiger partial charge in [0.1, 0.15) is 5.82 Å². The maximum atomic E-state index is 4.50. The molecular weight excluding hydrogens is 352 g/mol. The quantitative estimate of drug-likeness (QED) is 0.813. The first-order valence-corrected chi connectivity index (χ1v) is 9.32. The van der Waals surface area contributed by atoms with Crippen molar-refractivity contribution in [3.05, 3.63) is 40.8 Å². The molecule has 2 N–H and O–H groups in total. The molecule has 1 unspecified atom stereocenters. The van der Waals surface area contributed by atoms with Crippen molar-refractivity contribution in [3.63, 3.8) is 0 Å². The molecular formula is C18H23BrN4. The first-order valence-electron chi connectivity index (χ1n) is 8.52. The van der Waals surface area contributed by atoms with E-state index in [1.165, 1.54) is 32.4 Å². The van der Waals surface area contributed by atoms with Crippen LogP contribution in [0.25, 0.3) is 11.3 Å². The molecule has 1 aromatic carbocycles. The van der Waals surface area contributed by atoms with Gasteiger partial charge in [0, 0.05) is 22.6 Å². The Labute approximate surface area is 145 Å². The molecule has 1 aliphatic carbocycles. The Kier molecular flexibility index (Phi) is 4.51. The predicted molar refractivity (Wildman–Crippen MR) is 96.1 cm³/mol. The van der Waals surface area contributed by atoms with Crippen molar-refractivity contribution in [3.8, 4) is 11.3 Å². The number of hydrogen-bond acceptors (Lipinski definition) is 3. The van der Waals surface area contributed by atoms with Crippen molar-refractivity contribution < 1.29 is 0 Å². The molecule has 2 fully saturated rings. The van der Waals surface area contributed by atoms with E-state index in [0.29, 0.717) is 0 Å². The van der Waals surface area contributed by atoms with E-state index < -0.39 is 0 Å². The van der Waals surface area contributed by atoms with Crippen LogP contribution in [0.1, 0.15) is 25.1 Å². The second-order valence-electron chi connectivity index (χ2n) is 6.77. The fourth-order valence-electron chi connectivity index (χ4n) is 3.45. The minimum Gasteiger partial charge on any atom is -0.341 e. The van der Waals surface area contributed by atoms with E-state index in [1.54, 1.807) is 0 Å². The molecule has 1 saturated carbocycles. The number of benzene rings is 1. The zero-order valence-corrected chi connectivity index (χ0v) is 14.8. The second-order valence-corrected chi connectivity index (χ2v) is 7.68. The number of likely N-dealkylation sites (tertiary alicyclic amines) is 1. The summed E-state index contributed by atoms with van der Waals surface area (Å²) in [5, 5.41) is 3.57. The van der Waals surface area contributed by atoms with Crippen LogP contribution >= 0.6 is 15.9 Å². The summed E-state index contributed by atoms with van der Waals surface area (Å²) in [6, 6.07) is 9.20. The van der Waals surface area contributed by atoms with Gasteiger partial charge in [-0.1, -0.05) is 28.1 Å². The Balaban J connectivity index is 1.27. The summed E-state index contributed by atoms with van der Waals surface area (Å²) in [4.78, 5) is 10.6. The van der Waals surface area contributed by atoms with Gasteiger partial charge in [-0.25, -0.2) is 4.98 Å². The summed E-state index contributed by atoms with van der Waals surface area (Å²) >= 11 is 3.51. The lowest BCUT2D eigenvalue weighted by Crippen LogP contribution is -2.27. The Hall–Kier alpha value is -1.17. The number of halogens is 1. The molecule has 2 heterocycles. The summed E-state index contributed by atoms with van der Waals surface area (Å²) in [5.41, 5.74) is 2.23. The van der Waals surface area contributed by atoms with Gasteiger partial charge in [-0.2, -0.15) is 0 Å². The van der Waals surface area contributed by atoms with Gasteiger partial charge >= 0.3 is 0 Å². The molecule has 5 heteroatoms. The van der Waals surface area contributed by atoms with Crippen molar-refractivity contribution in [2.24, 2.45) is 5.92 Å². The molecule has 1 aromatic heterocycles. The van der Waals surface area contributed by atoms with E-state index in [-0.39, 0.29) is 0 Å². The van der Waals surface area contributed by atoms with E-state index >= 15 is 0 Å². The van der Waals surface area contributed by atoms with Gasteiger partial charge in [0.25, 0.3) is 0 Å². The normalized spacial score (nSPS) is 21.9. The summed E-state index contributed by atoms with van der Waals surface area (Å²) in [6.45, 7) is 4.48. The van der Waals surface area contributed by atoms with E-state index in [1.807, 2.05) is 18.3 Å². The van der Waals surface area contributed by atoms with Crippen LogP contribution < -0.4 is 5.32 Å². The Bertz CT molecular complexity index is 665. The Morgan fingerprint density at radius 3 is 3.04 bits per heavy atom. The van der Waals surface area contributed by atoms with Crippen molar-refractivity contribution >= 4 is 15.9 Å². The molecule has 0 amide bonds. The molecule has 0 bridgehead atoms. The zero-order chi connectivity index (χ0) is 15.6. The molecule has 0 spiro atoms. The van der Waals surface area contributed by atoms with Crippen LogP contribution in [-0.2, 0) is 6.54 Å². The lowest BCUT2D eigenvalue weighted by Gasteiger charge is -2.14. The van der Waals surface area contributed by atoms with Gasteiger partial charge in [-0.05, 0) is 50.4 Å². The number of rotatable bonds is 6. The van der Waals surface area contributed by atoms with Crippen LogP contribution in [-0.4, -0.2) is 40.5 Å². The summed E-state index contributed by atoms with van der Waals surface area (Å²) < 4.78 is 1.09. The maximum Gasteiger partial charge on any atom is 0.120 e. The lowest BCUT2D eigenvalue weighted by molar-refractivity contribution is 0.311. The third kappa shape index (κ3) is 3.84. The molecule has 1 aliphatic heterocycles. The fraction of sp³-hybridized carbons (Fsp3) is 0.500. The number of aromatic amines is 1. The number of nitrogens with one attached hydrogen (secondary N) is 2. The minimum absolute atomic E-state index is 0.801. The standard InChI is InChI=1S/C18H23BrN4/c19-15-3-1-2-14(8-15)17-10-21-18(22-17)11-20-9-13-6-7-23(12-13)16-4-5-16/h1-3,8,10,13,16,20H,4-7,9,11-12H2,(H,21,22). The van der Waals surface area contributed by atoms with Gasteiger partial charge in [-0.15, -0.1) is 0 Å². The van der Waals surface area contributed by atoms with Crippen LogP contribution in [0.5, 0.6) is 0 Å². The van der Waals surface area contributed by atoms with Gasteiger partial charge < -0.3 is 15.2 Å². The topological polar surface area (TPSA) is 44.0 Å². The van der Waals surface area contributed by atoms with E-state index in [2.05, 4.69) is 48.2 Å². The highest BCUT2D eigenvalue weighted by Crippen LogP contribution is 2.31. The molecule has 122 valence electrons. The molecule has 1 atom stereocenters. The highest BCUT2D eigenvalue weighted by atomic mass is 79.9. The van der Waals surface area contributed by atoms with Crippen molar-refractivity contribution in [1.82, 2.24) is 20.2 Å². The van der Waals surface area contributed by atoms with Gasteiger partial charge in [0.2, 0.25) is 0 Å². The summed E-state index contributed by atoms with van der Waals surface area (Å²) in [7, 11) is 0. The molecule has 4 nitrogen and oxygen atoms in total. The number of H-pyrrole nitrogens is 1. The van der Waals surface area contributed by atoms with Crippen LogP contribution in [0, 0.1) is 5.92 Å². The highest BCUT2D eigenvalue weighted by molar-refractivity contribution is 9.10. The smallest absolute Gasteiger partial charge is 0.120 e. The summed E-state index contributed by atoms with van der Waals surface area (Å²) in [6.07, 6.45) is 6.10. The third-order valence-corrected chi connectivity index (χ3v) is 5.36. The fourth-order valence-corrected chi connectivity index (χ4v) is 3.85. The van der Waals surface area contributed by atoms with Gasteiger partial charge in [0.05, 0.1) is 18.4 Å². The first kappa shape index (κ1) is 15.4. The van der Waals surface area contributed by atoms with Gasteiger partial charge in [0.15, 0.2) is 0 Å². The molecule has 23 heavy (non-hydrogen) atoms. The van der Waals surface area contributed by atoms with E-state index in [9.17, 15) is 0 Å². The van der Waals surface area contributed by atoms with Crippen molar-refractivity contribution in [2.75, 3.05) is 19.6 Å². The number of hydrogen-bond donors (Lipinski definition) is 2. The average molecular weight is 375 g/mol.